The second kappa shape index (κ2) is 7.99. The predicted octanol–water partition coefficient (Wildman–Crippen LogP) is 5.38. The van der Waals surface area contributed by atoms with Crippen LogP contribution in [0.5, 0.6) is 0 Å². The van der Waals surface area contributed by atoms with Crippen LogP contribution in [0.1, 0.15) is 11.1 Å². The minimum Gasteiger partial charge on any atom is -0.245 e. The Bertz CT molecular complexity index is 1210. The average molecular weight is 428 g/mol. The summed E-state index contributed by atoms with van der Waals surface area (Å²) in [6, 6.07) is 25.3. The van der Waals surface area contributed by atoms with Gasteiger partial charge in [-0.25, -0.2) is 15.4 Å². The summed E-state index contributed by atoms with van der Waals surface area (Å²) in [7, 11) is 0. The monoisotopic (exact) mass is 427 g/mol. The Morgan fingerprint density at radius 3 is 2.57 bits per heavy atom. The fourth-order valence-electron chi connectivity index (χ4n) is 2.84. The molecule has 3 aromatic carbocycles. The highest BCUT2D eigenvalue weighted by atomic mass is 79.9. The average Bonchev–Trinajstić information content (AvgIpc) is 2.74. The largest absolute Gasteiger partial charge is 0.245 e. The second-order valence-electron chi connectivity index (χ2n) is 5.99. The van der Waals surface area contributed by atoms with Gasteiger partial charge in [0.05, 0.1) is 29.1 Å². The van der Waals surface area contributed by atoms with Gasteiger partial charge in [-0.05, 0) is 24.3 Å². The molecule has 0 radical (unpaired) electrons. The summed E-state index contributed by atoms with van der Waals surface area (Å²) in [6.07, 6.45) is 1.59. The van der Waals surface area contributed by atoms with Crippen LogP contribution in [-0.4, -0.2) is 16.2 Å². The molecule has 134 valence electrons. The first kappa shape index (κ1) is 17.8. The van der Waals surface area contributed by atoms with Crippen LogP contribution in [0, 0.1) is 11.3 Å². The highest BCUT2D eigenvalue weighted by Gasteiger charge is 2.10. The summed E-state index contributed by atoms with van der Waals surface area (Å²) in [4.78, 5) is 9.22. The molecule has 0 saturated carbocycles. The quantitative estimate of drug-likeness (QED) is 0.350. The van der Waals surface area contributed by atoms with E-state index in [4.69, 9.17) is 0 Å². The molecule has 28 heavy (non-hydrogen) atoms. The number of nitrogens with one attached hydrogen (secondary N) is 1. The number of rotatable bonds is 4. The van der Waals surface area contributed by atoms with Crippen molar-refractivity contribution in [2.45, 2.75) is 0 Å². The molecule has 0 bridgehead atoms. The summed E-state index contributed by atoms with van der Waals surface area (Å²) >= 11 is 3.52. The van der Waals surface area contributed by atoms with E-state index < -0.39 is 0 Å². The Morgan fingerprint density at radius 1 is 0.964 bits per heavy atom. The van der Waals surface area contributed by atoms with Gasteiger partial charge in [-0.3, -0.25) is 0 Å². The minimum absolute atomic E-state index is 0.388. The summed E-state index contributed by atoms with van der Waals surface area (Å²) in [5.41, 5.74) is 6.80. The van der Waals surface area contributed by atoms with Crippen molar-refractivity contribution in [1.82, 2.24) is 9.97 Å². The molecule has 4 rings (SSSR count). The molecule has 0 atom stereocenters. The first-order valence-corrected chi connectivity index (χ1v) is 9.35. The number of nitrogens with zero attached hydrogens (tertiary/aromatic N) is 4. The van der Waals surface area contributed by atoms with Crippen molar-refractivity contribution in [3.63, 3.8) is 0 Å². The number of benzene rings is 3. The van der Waals surface area contributed by atoms with E-state index in [1.165, 1.54) is 0 Å². The van der Waals surface area contributed by atoms with Gasteiger partial charge in [-0.2, -0.15) is 10.4 Å². The molecule has 0 aliphatic heterocycles. The molecule has 0 fully saturated rings. The summed E-state index contributed by atoms with van der Waals surface area (Å²) in [5, 5.41) is 14.3. The van der Waals surface area contributed by atoms with Crippen molar-refractivity contribution in [2.75, 3.05) is 5.43 Å². The Labute approximate surface area is 170 Å². The van der Waals surface area contributed by atoms with E-state index in [1.807, 2.05) is 66.7 Å². The maximum atomic E-state index is 9.18. The first-order chi connectivity index (χ1) is 13.7. The van der Waals surface area contributed by atoms with Gasteiger partial charge in [0.2, 0.25) is 5.95 Å². The number of hydrazone groups is 1. The van der Waals surface area contributed by atoms with Gasteiger partial charge in [0, 0.05) is 21.0 Å². The number of halogens is 1. The molecule has 1 aromatic heterocycles. The van der Waals surface area contributed by atoms with Crippen LogP contribution in [0.2, 0.25) is 0 Å². The third-order valence-corrected chi connectivity index (χ3v) is 4.65. The molecule has 0 aliphatic rings. The maximum Gasteiger partial charge on any atom is 0.244 e. The molecule has 0 spiro atoms. The van der Waals surface area contributed by atoms with Crippen LogP contribution in [0.4, 0.5) is 5.95 Å². The molecular formula is C22H14BrN5. The lowest BCUT2D eigenvalue weighted by atomic mass is 10.1. The number of aromatic nitrogens is 2. The van der Waals surface area contributed by atoms with E-state index in [2.05, 4.69) is 42.5 Å². The number of nitriles is 1. The van der Waals surface area contributed by atoms with Crippen LogP contribution in [0.15, 0.2) is 82.4 Å². The van der Waals surface area contributed by atoms with Gasteiger partial charge in [-0.1, -0.05) is 64.5 Å². The van der Waals surface area contributed by atoms with E-state index in [0.717, 1.165) is 32.2 Å². The lowest BCUT2D eigenvalue weighted by molar-refractivity contribution is 1.15. The molecule has 0 unspecified atom stereocenters. The molecule has 1 heterocycles. The molecular weight excluding hydrogens is 414 g/mol. The number of hydrogen-bond acceptors (Lipinski definition) is 5. The Balaban J connectivity index is 1.73. The van der Waals surface area contributed by atoms with E-state index in [9.17, 15) is 5.26 Å². The van der Waals surface area contributed by atoms with Crippen LogP contribution in [-0.2, 0) is 0 Å². The van der Waals surface area contributed by atoms with Crippen molar-refractivity contribution in [1.29, 1.82) is 5.26 Å². The molecule has 6 heteroatoms. The van der Waals surface area contributed by atoms with Gasteiger partial charge in [0.1, 0.15) is 0 Å². The SMILES string of the molecule is N#Cc1ccccc1C=NNc1nc(-c2ccccc2)c2cc(Br)ccc2n1. The number of fused-ring (bicyclic) bond motifs is 1. The molecule has 4 aromatic rings. The standard InChI is InChI=1S/C22H14BrN5/c23-18-10-11-20-19(12-18)21(15-6-2-1-3-7-15)27-22(26-20)28-25-14-17-9-5-4-8-16(17)13-24/h1-12,14H,(H,26,27,28). The fraction of sp³-hybridized carbons (Fsp3) is 0. The summed E-state index contributed by atoms with van der Waals surface area (Å²) in [5.74, 6) is 0.388. The van der Waals surface area contributed by atoms with Crippen molar-refractivity contribution in [2.24, 2.45) is 5.10 Å². The number of anilines is 1. The Morgan fingerprint density at radius 2 is 1.75 bits per heavy atom. The second-order valence-corrected chi connectivity index (χ2v) is 6.91. The van der Waals surface area contributed by atoms with Crippen LogP contribution >= 0.6 is 15.9 Å². The zero-order valence-electron chi connectivity index (χ0n) is 14.7. The zero-order chi connectivity index (χ0) is 19.3. The van der Waals surface area contributed by atoms with E-state index in [0.29, 0.717) is 11.5 Å². The van der Waals surface area contributed by atoms with Gasteiger partial charge < -0.3 is 0 Å². The normalized spacial score (nSPS) is 10.9. The third kappa shape index (κ3) is 3.75. The van der Waals surface area contributed by atoms with E-state index >= 15 is 0 Å². The van der Waals surface area contributed by atoms with Gasteiger partial charge >= 0.3 is 0 Å². The number of hydrogen-bond donors (Lipinski definition) is 1. The summed E-state index contributed by atoms with van der Waals surface area (Å²) < 4.78 is 0.965. The topological polar surface area (TPSA) is 74.0 Å². The van der Waals surface area contributed by atoms with Crippen molar-refractivity contribution < 1.29 is 0 Å². The van der Waals surface area contributed by atoms with Crippen LogP contribution in [0.3, 0.4) is 0 Å². The van der Waals surface area contributed by atoms with Crippen LogP contribution < -0.4 is 5.43 Å². The highest BCUT2D eigenvalue weighted by molar-refractivity contribution is 9.10. The van der Waals surface area contributed by atoms with Gasteiger partial charge in [0.15, 0.2) is 0 Å². The molecule has 0 amide bonds. The highest BCUT2D eigenvalue weighted by Crippen LogP contribution is 2.29. The molecule has 5 nitrogen and oxygen atoms in total. The Hall–Kier alpha value is -3.56. The summed E-state index contributed by atoms with van der Waals surface area (Å²) in [6.45, 7) is 0. The van der Waals surface area contributed by atoms with Crippen molar-refractivity contribution >= 4 is 39.0 Å². The van der Waals surface area contributed by atoms with E-state index in [-0.39, 0.29) is 0 Å². The maximum absolute atomic E-state index is 9.18. The lowest BCUT2D eigenvalue weighted by Crippen LogP contribution is -2.00. The zero-order valence-corrected chi connectivity index (χ0v) is 16.3. The van der Waals surface area contributed by atoms with Crippen LogP contribution in [0.25, 0.3) is 22.2 Å². The smallest absolute Gasteiger partial charge is 0.244 e. The first-order valence-electron chi connectivity index (χ1n) is 8.55. The van der Waals surface area contributed by atoms with Crippen molar-refractivity contribution in [3.05, 3.63) is 88.4 Å². The predicted molar refractivity (Wildman–Crippen MR) is 115 cm³/mol. The fourth-order valence-corrected chi connectivity index (χ4v) is 3.20. The van der Waals surface area contributed by atoms with Gasteiger partial charge in [-0.15, -0.1) is 0 Å². The third-order valence-electron chi connectivity index (χ3n) is 4.15. The minimum atomic E-state index is 0.388. The Kier molecular flexibility index (Phi) is 5.09. The lowest BCUT2D eigenvalue weighted by Gasteiger charge is -2.09. The molecule has 0 saturated heterocycles. The molecule has 0 aliphatic carbocycles. The van der Waals surface area contributed by atoms with Gasteiger partial charge in [0.25, 0.3) is 0 Å². The molecule has 1 N–H and O–H groups in total. The van der Waals surface area contributed by atoms with E-state index in [1.54, 1.807) is 12.3 Å². The van der Waals surface area contributed by atoms with Crippen molar-refractivity contribution in [3.8, 4) is 17.3 Å².